The normalized spacial score (nSPS) is 12.8. The van der Waals surface area contributed by atoms with Crippen LogP contribution in [0.2, 0.25) is 0 Å². The maximum absolute atomic E-state index is 11.5. The molecule has 0 atom stereocenters. The Hall–Kier alpha value is -3.43. The number of hydrogen-bond donors (Lipinski definition) is 0. The number of fused-ring (bicyclic) bond motifs is 1. The Morgan fingerprint density at radius 1 is 1.06 bits per heavy atom. The van der Waals surface area contributed by atoms with E-state index in [1.807, 2.05) is 47.8 Å². The van der Waals surface area contributed by atoms with Gasteiger partial charge >= 0.3 is 0 Å². The van der Waals surface area contributed by atoms with Crippen LogP contribution >= 0.6 is 27.3 Å². The second kappa shape index (κ2) is 8.60. The number of nitrogens with zero attached hydrogens (tertiary/aromatic N) is 3. The van der Waals surface area contributed by atoms with Crippen molar-refractivity contribution in [3.63, 3.8) is 0 Å². The number of halogens is 1. The molecule has 32 heavy (non-hydrogen) atoms. The molecule has 1 aliphatic heterocycles. The van der Waals surface area contributed by atoms with Gasteiger partial charge in [-0.25, -0.2) is 4.99 Å². The van der Waals surface area contributed by atoms with Gasteiger partial charge in [0.05, 0.1) is 17.2 Å². The van der Waals surface area contributed by atoms with Gasteiger partial charge in [0.15, 0.2) is 16.3 Å². The lowest BCUT2D eigenvalue weighted by Crippen LogP contribution is -2.17. The Balaban J connectivity index is 1.67. The molecule has 2 heterocycles. The predicted octanol–water partition coefficient (Wildman–Crippen LogP) is 5.90. The fraction of sp³-hybridized carbons (Fsp3) is 0.0870. The van der Waals surface area contributed by atoms with Gasteiger partial charge in [-0.05, 0) is 29.8 Å². The Labute approximate surface area is 195 Å². The van der Waals surface area contributed by atoms with Crippen molar-refractivity contribution >= 4 is 38.6 Å². The van der Waals surface area contributed by atoms with Crippen LogP contribution in [0.1, 0.15) is 5.56 Å². The van der Waals surface area contributed by atoms with E-state index in [1.54, 1.807) is 18.2 Å². The zero-order valence-electron chi connectivity index (χ0n) is 16.6. The molecule has 3 aromatic carbocycles. The Morgan fingerprint density at radius 2 is 1.84 bits per heavy atom. The summed E-state index contributed by atoms with van der Waals surface area (Å²) < 4.78 is 14.0. The quantitative estimate of drug-likeness (QED) is 0.248. The van der Waals surface area contributed by atoms with Crippen LogP contribution in [0.4, 0.5) is 11.4 Å². The Morgan fingerprint density at radius 3 is 2.69 bits per heavy atom. The average Bonchev–Trinajstić information content (AvgIpc) is 3.41. The van der Waals surface area contributed by atoms with Crippen LogP contribution in [-0.4, -0.2) is 16.3 Å². The van der Waals surface area contributed by atoms with Gasteiger partial charge in [-0.3, -0.25) is 10.1 Å². The van der Waals surface area contributed by atoms with E-state index in [4.69, 9.17) is 9.47 Å². The zero-order chi connectivity index (χ0) is 22.1. The topological polar surface area (TPSA) is 78.9 Å². The van der Waals surface area contributed by atoms with Gasteiger partial charge in [-0.15, -0.1) is 11.3 Å². The molecule has 1 aliphatic rings. The standard InChI is InChI=1S/C23H16BrN3O4S/c24-17-6-2-1-5-16(17)20-13-32-23(25-18-7-3-4-8-19(18)27(28)29)26(20)12-15-9-10-21-22(11-15)31-14-30-21/h1-11,13H,12,14H2. The monoisotopic (exact) mass is 509 g/mol. The third-order valence-corrected chi connectivity index (χ3v) is 6.57. The van der Waals surface area contributed by atoms with Crippen molar-refractivity contribution in [2.75, 3.05) is 6.79 Å². The van der Waals surface area contributed by atoms with Gasteiger partial charge < -0.3 is 14.0 Å². The summed E-state index contributed by atoms with van der Waals surface area (Å²) in [5.74, 6) is 1.43. The summed E-state index contributed by atoms with van der Waals surface area (Å²) in [5.41, 5.74) is 3.26. The largest absolute Gasteiger partial charge is 0.454 e. The first-order valence-corrected chi connectivity index (χ1v) is 11.4. The number of para-hydroxylation sites is 2. The first kappa shape index (κ1) is 20.5. The molecule has 0 bridgehead atoms. The summed E-state index contributed by atoms with van der Waals surface area (Å²) in [5, 5.41) is 13.5. The molecule has 0 aliphatic carbocycles. The van der Waals surface area contributed by atoms with Crippen LogP contribution in [0.5, 0.6) is 11.5 Å². The minimum Gasteiger partial charge on any atom is -0.454 e. The molecule has 7 nitrogen and oxygen atoms in total. The Kier molecular flexibility index (Phi) is 5.50. The average molecular weight is 510 g/mol. The molecule has 0 radical (unpaired) electrons. The second-order valence-electron chi connectivity index (χ2n) is 7.01. The molecule has 0 amide bonds. The van der Waals surface area contributed by atoms with Crippen molar-refractivity contribution < 1.29 is 14.4 Å². The van der Waals surface area contributed by atoms with E-state index in [0.717, 1.165) is 27.0 Å². The highest BCUT2D eigenvalue weighted by Crippen LogP contribution is 2.34. The molecule has 0 saturated carbocycles. The highest BCUT2D eigenvalue weighted by molar-refractivity contribution is 9.10. The van der Waals surface area contributed by atoms with Crippen LogP contribution in [-0.2, 0) is 6.54 Å². The molecular weight excluding hydrogens is 494 g/mol. The zero-order valence-corrected chi connectivity index (χ0v) is 19.0. The van der Waals surface area contributed by atoms with Crippen molar-refractivity contribution in [1.82, 2.24) is 4.57 Å². The van der Waals surface area contributed by atoms with E-state index in [2.05, 4.69) is 25.5 Å². The van der Waals surface area contributed by atoms with Crippen molar-refractivity contribution in [2.45, 2.75) is 6.54 Å². The molecule has 0 unspecified atom stereocenters. The van der Waals surface area contributed by atoms with E-state index in [1.165, 1.54) is 17.4 Å². The molecule has 4 aromatic rings. The SMILES string of the molecule is O=[N+]([O-])c1ccccc1N=c1scc(-c2ccccc2Br)n1Cc1ccc2c(c1)OCO2. The molecule has 1 aromatic heterocycles. The summed E-state index contributed by atoms with van der Waals surface area (Å²) in [4.78, 5) is 16.4. The summed E-state index contributed by atoms with van der Waals surface area (Å²) in [6.45, 7) is 0.723. The fourth-order valence-electron chi connectivity index (χ4n) is 3.49. The number of benzene rings is 3. The minimum absolute atomic E-state index is 0.0297. The van der Waals surface area contributed by atoms with Gasteiger partial charge in [0.1, 0.15) is 5.69 Å². The van der Waals surface area contributed by atoms with Crippen LogP contribution in [0.25, 0.3) is 11.3 Å². The lowest BCUT2D eigenvalue weighted by molar-refractivity contribution is -0.384. The number of hydrogen-bond acceptors (Lipinski definition) is 6. The number of ether oxygens (including phenoxy) is 2. The van der Waals surface area contributed by atoms with Gasteiger partial charge in [0, 0.05) is 21.5 Å². The highest BCUT2D eigenvalue weighted by atomic mass is 79.9. The third kappa shape index (κ3) is 3.92. The van der Waals surface area contributed by atoms with E-state index in [9.17, 15) is 10.1 Å². The van der Waals surface area contributed by atoms with E-state index >= 15 is 0 Å². The molecule has 0 N–H and O–H groups in total. The van der Waals surface area contributed by atoms with Gasteiger partial charge in [-0.2, -0.15) is 0 Å². The molecule has 9 heteroatoms. The second-order valence-corrected chi connectivity index (χ2v) is 8.71. The van der Waals surface area contributed by atoms with Crippen LogP contribution < -0.4 is 14.3 Å². The summed E-state index contributed by atoms with van der Waals surface area (Å²) >= 11 is 5.07. The van der Waals surface area contributed by atoms with Crippen LogP contribution in [0.3, 0.4) is 0 Å². The van der Waals surface area contributed by atoms with E-state index in [-0.39, 0.29) is 12.5 Å². The number of rotatable bonds is 5. The molecule has 0 fully saturated rings. The van der Waals surface area contributed by atoms with Crippen molar-refractivity contribution in [2.24, 2.45) is 4.99 Å². The highest BCUT2D eigenvalue weighted by Gasteiger charge is 2.17. The van der Waals surface area contributed by atoms with Crippen molar-refractivity contribution in [3.8, 4) is 22.8 Å². The van der Waals surface area contributed by atoms with E-state index in [0.29, 0.717) is 22.8 Å². The van der Waals surface area contributed by atoms with Crippen LogP contribution in [0.15, 0.2) is 81.6 Å². The summed E-state index contributed by atoms with van der Waals surface area (Å²) in [6, 6.07) is 20.3. The van der Waals surface area contributed by atoms with Gasteiger partial charge in [0.2, 0.25) is 6.79 Å². The molecular formula is C23H16BrN3O4S. The molecule has 0 spiro atoms. The summed E-state index contributed by atoms with van der Waals surface area (Å²) in [7, 11) is 0. The number of nitro benzene ring substituents is 1. The molecule has 0 saturated heterocycles. The number of thiazole rings is 1. The van der Waals surface area contributed by atoms with Crippen molar-refractivity contribution in [3.05, 3.63) is 97.1 Å². The third-order valence-electron chi connectivity index (χ3n) is 5.02. The number of nitro groups is 1. The van der Waals surface area contributed by atoms with Gasteiger partial charge in [-0.1, -0.05) is 52.3 Å². The Bertz CT molecular complexity index is 1400. The lowest BCUT2D eigenvalue weighted by atomic mass is 10.1. The first-order chi connectivity index (χ1) is 15.6. The van der Waals surface area contributed by atoms with Crippen LogP contribution in [0, 0.1) is 10.1 Å². The van der Waals surface area contributed by atoms with Gasteiger partial charge in [0.25, 0.3) is 5.69 Å². The summed E-state index contributed by atoms with van der Waals surface area (Å²) in [6.07, 6.45) is 0. The smallest absolute Gasteiger partial charge is 0.294 e. The molecule has 5 rings (SSSR count). The predicted molar refractivity (Wildman–Crippen MR) is 125 cm³/mol. The fourth-order valence-corrected chi connectivity index (χ4v) is 4.89. The number of aromatic nitrogens is 1. The maximum atomic E-state index is 11.5. The van der Waals surface area contributed by atoms with E-state index < -0.39 is 4.92 Å². The minimum atomic E-state index is -0.413. The maximum Gasteiger partial charge on any atom is 0.294 e. The molecule has 160 valence electrons. The van der Waals surface area contributed by atoms with Crippen molar-refractivity contribution in [1.29, 1.82) is 0 Å². The lowest BCUT2D eigenvalue weighted by Gasteiger charge is -2.11. The first-order valence-electron chi connectivity index (χ1n) is 9.70.